The molecule has 0 heterocycles. The number of carbonyl (C=O) groups excluding carboxylic acids is 1. The number of benzene rings is 2. The van der Waals surface area contributed by atoms with Crippen LogP contribution in [0.2, 0.25) is 0 Å². The molecule has 2 rings (SSSR count). The van der Waals surface area contributed by atoms with Crippen LogP contribution in [0.1, 0.15) is 22.0 Å². The van der Waals surface area contributed by atoms with E-state index in [9.17, 15) is 9.90 Å². The molecule has 0 aliphatic rings. The lowest BCUT2D eigenvalue weighted by Gasteiger charge is -2.14. The van der Waals surface area contributed by atoms with Crippen LogP contribution in [0.15, 0.2) is 56.0 Å². The molecule has 0 aliphatic carbocycles. The number of aliphatic hydroxyl groups is 1. The molecule has 0 amide bonds. The van der Waals surface area contributed by atoms with Crippen molar-refractivity contribution in [1.29, 1.82) is 0 Å². The average molecular weight is 341 g/mol. The van der Waals surface area contributed by atoms with Crippen molar-refractivity contribution < 1.29 is 9.90 Å². The fraction of sp³-hybridized carbons (Fsp3) is 0.0714. The molecule has 0 aromatic heterocycles. The van der Waals surface area contributed by atoms with Gasteiger partial charge >= 0.3 is 0 Å². The first-order valence-corrected chi connectivity index (χ1v) is 7.46. The van der Waals surface area contributed by atoms with E-state index in [1.54, 1.807) is 30.3 Å². The molecular formula is C14H12O2S4. The smallest absolute Gasteiger partial charge is 0.197 e. The zero-order chi connectivity index (χ0) is 14.9. The number of hydrogen-bond donors (Lipinski definition) is 5. The molecule has 1 unspecified atom stereocenters. The minimum absolute atomic E-state index is 0.275. The lowest BCUT2D eigenvalue weighted by molar-refractivity contribution is 0.0743. The lowest BCUT2D eigenvalue weighted by Crippen LogP contribution is -2.13. The van der Waals surface area contributed by atoms with Gasteiger partial charge in [-0.25, -0.2) is 0 Å². The minimum atomic E-state index is -1.24. The SMILES string of the molecule is O=C(c1cc(S)c(S)c(S)c1S)C(O)c1ccccc1. The molecule has 0 aliphatic heterocycles. The first kappa shape index (κ1) is 15.9. The Kier molecular flexibility index (Phi) is 5.14. The van der Waals surface area contributed by atoms with Gasteiger partial charge in [0.1, 0.15) is 6.10 Å². The number of aliphatic hydroxyl groups excluding tert-OH is 1. The topological polar surface area (TPSA) is 37.3 Å². The first-order chi connectivity index (χ1) is 9.43. The van der Waals surface area contributed by atoms with Crippen LogP contribution in [0.4, 0.5) is 0 Å². The summed E-state index contributed by atoms with van der Waals surface area (Å²) in [6.07, 6.45) is -1.24. The van der Waals surface area contributed by atoms with E-state index in [-0.39, 0.29) is 5.56 Å². The Bertz CT molecular complexity index is 656. The van der Waals surface area contributed by atoms with Crippen LogP contribution >= 0.6 is 50.5 Å². The Morgan fingerprint density at radius 2 is 1.55 bits per heavy atom. The molecule has 20 heavy (non-hydrogen) atoms. The van der Waals surface area contributed by atoms with E-state index in [0.29, 0.717) is 25.1 Å². The van der Waals surface area contributed by atoms with E-state index in [1.807, 2.05) is 6.07 Å². The summed E-state index contributed by atoms with van der Waals surface area (Å²) in [6.45, 7) is 0. The molecule has 0 fully saturated rings. The highest BCUT2D eigenvalue weighted by atomic mass is 32.1. The molecule has 0 saturated heterocycles. The van der Waals surface area contributed by atoms with Crippen molar-refractivity contribution in [3.63, 3.8) is 0 Å². The zero-order valence-corrected chi connectivity index (χ0v) is 13.8. The summed E-state index contributed by atoms with van der Waals surface area (Å²) < 4.78 is 0. The monoisotopic (exact) mass is 340 g/mol. The molecule has 1 N–H and O–H groups in total. The number of carbonyl (C=O) groups is 1. The molecule has 2 nitrogen and oxygen atoms in total. The number of hydrogen-bond acceptors (Lipinski definition) is 6. The summed E-state index contributed by atoms with van der Waals surface area (Å²) >= 11 is 17.0. The highest BCUT2D eigenvalue weighted by Gasteiger charge is 2.23. The van der Waals surface area contributed by atoms with Crippen molar-refractivity contribution >= 4 is 56.3 Å². The van der Waals surface area contributed by atoms with Crippen molar-refractivity contribution in [3.8, 4) is 0 Å². The van der Waals surface area contributed by atoms with Gasteiger partial charge in [-0.2, -0.15) is 0 Å². The second kappa shape index (κ2) is 6.49. The highest BCUT2D eigenvalue weighted by molar-refractivity contribution is 7.86. The Morgan fingerprint density at radius 3 is 2.15 bits per heavy atom. The van der Waals surface area contributed by atoms with Crippen molar-refractivity contribution in [2.75, 3.05) is 0 Å². The molecule has 0 spiro atoms. The molecule has 2 aromatic carbocycles. The third-order valence-electron chi connectivity index (χ3n) is 2.86. The van der Waals surface area contributed by atoms with Crippen LogP contribution < -0.4 is 0 Å². The van der Waals surface area contributed by atoms with Gasteiger partial charge in [0.25, 0.3) is 0 Å². The predicted molar refractivity (Wildman–Crippen MR) is 91.2 cm³/mol. The molecule has 0 bridgehead atoms. The third-order valence-corrected chi connectivity index (χ3v) is 5.11. The van der Waals surface area contributed by atoms with Gasteiger partial charge in [0, 0.05) is 25.1 Å². The summed E-state index contributed by atoms with van der Waals surface area (Å²) in [6, 6.07) is 10.3. The number of Topliss-reactive ketones (excluding diaryl/α,β-unsaturated/α-hetero) is 1. The summed E-state index contributed by atoms with van der Waals surface area (Å²) in [7, 11) is 0. The average Bonchev–Trinajstić information content (AvgIpc) is 2.48. The van der Waals surface area contributed by atoms with Crippen molar-refractivity contribution in [2.45, 2.75) is 25.7 Å². The third kappa shape index (κ3) is 3.04. The largest absolute Gasteiger partial charge is 0.380 e. The Balaban J connectivity index is 2.45. The van der Waals surface area contributed by atoms with Gasteiger partial charge in [-0.1, -0.05) is 30.3 Å². The minimum Gasteiger partial charge on any atom is -0.380 e. The Morgan fingerprint density at radius 1 is 0.950 bits per heavy atom. The van der Waals surface area contributed by atoms with Crippen LogP contribution in [-0.4, -0.2) is 10.9 Å². The summed E-state index contributed by atoms with van der Waals surface area (Å²) in [5, 5.41) is 10.2. The maximum absolute atomic E-state index is 12.4. The van der Waals surface area contributed by atoms with Crippen LogP contribution in [0.25, 0.3) is 0 Å². The molecule has 104 valence electrons. The maximum Gasteiger partial charge on any atom is 0.197 e. The van der Waals surface area contributed by atoms with Crippen LogP contribution in [0.5, 0.6) is 0 Å². The van der Waals surface area contributed by atoms with E-state index >= 15 is 0 Å². The number of thiol groups is 4. The van der Waals surface area contributed by atoms with Crippen LogP contribution in [-0.2, 0) is 0 Å². The second-order valence-electron chi connectivity index (χ2n) is 4.17. The van der Waals surface area contributed by atoms with Gasteiger partial charge in [-0.3, -0.25) is 4.79 Å². The quantitative estimate of drug-likeness (QED) is 0.436. The van der Waals surface area contributed by atoms with E-state index < -0.39 is 11.9 Å². The molecule has 1 atom stereocenters. The standard InChI is InChI=1S/C14H12O2S4/c15-10(7-4-2-1-3-5-7)11(16)8-6-9(17)13(19)14(20)12(8)18/h1-6,10,15,17-20H. The van der Waals surface area contributed by atoms with Crippen molar-refractivity contribution in [3.05, 3.63) is 47.5 Å². The zero-order valence-electron chi connectivity index (χ0n) is 10.2. The summed E-state index contributed by atoms with van der Waals surface area (Å²) in [4.78, 5) is 14.3. The molecule has 0 radical (unpaired) electrons. The van der Waals surface area contributed by atoms with Crippen molar-refractivity contribution in [1.82, 2.24) is 0 Å². The fourth-order valence-electron chi connectivity index (χ4n) is 1.76. The molecular weight excluding hydrogens is 328 g/mol. The predicted octanol–water partition coefficient (Wildman–Crippen LogP) is 3.76. The van der Waals surface area contributed by atoms with E-state index in [4.69, 9.17) is 0 Å². The summed E-state index contributed by atoms with van der Waals surface area (Å²) in [5.74, 6) is -0.444. The van der Waals surface area contributed by atoms with Gasteiger partial charge < -0.3 is 5.11 Å². The maximum atomic E-state index is 12.4. The van der Waals surface area contributed by atoms with Gasteiger partial charge in [0.15, 0.2) is 5.78 Å². The highest BCUT2D eigenvalue weighted by Crippen LogP contribution is 2.35. The summed E-state index contributed by atoms with van der Waals surface area (Å²) in [5.41, 5.74) is 0.805. The first-order valence-electron chi connectivity index (χ1n) is 5.67. The Hall–Kier alpha value is -0.530. The molecule has 2 aromatic rings. The van der Waals surface area contributed by atoms with Gasteiger partial charge in [-0.15, -0.1) is 50.5 Å². The van der Waals surface area contributed by atoms with E-state index in [2.05, 4.69) is 50.5 Å². The van der Waals surface area contributed by atoms with Crippen LogP contribution in [0, 0.1) is 0 Å². The molecule has 6 heteroatoms. The molecule has 0 saturated carbocycles. The van der Waals surface area contributed by atoms with Gasteiger partial charge in [-0.05, 0) is 11.6 Å². The number of ketones is 1. The normalized spacial score (nSPS) is 12.2. The van der Waals surface area contributed by atoms with Crippen molar-refractivity contribution in [2.24, 2.45) is 0 Å². The van der Waals surface area contributed by atoms with Gasteiger partial charge in [0.05, 0.1) is 0 Å². The number of rotatable bonds is 3. The lowest BCUT2D eigenvalue weighted by atomic mass is 10.00. The Labute approximate surface area is 139 Å². The second-order valence-corrected chi connectivity index (χ2v) is 5.99. The van der Waals surface area contributed by atoms with Gasteiger partial charge in [0.2, 0.25) is 0 Å². The van der Waals surface area contributed by atoms with E-state index in [1.165, 1.54) is 0 Å². The van der Waals surface area contributed by atoms with E-state index in [0.717, 1.165) is 0 Å². The fourth-order valence-corrected chi connectivity index (χ4v) is 2.88. The van der Waals surface area contributed by atoms with Crippen LogP contribution in [0.3, 0.4) is 0 Å².